The van der Waals surface area contributed by atoms with Crippen LogP contribution in [0.5, 0.6) is 0 Å². The SMILES string of the molecule is CC1=[C]([Zr+2]2([CH]3c4cc(C(C)(C)C)ccc4-c4ccc(C(C)(C)C)cc43)[CH2][CH2]2)CC=C1.[Cl-].[Cl-]. The molecule has 2 aromatic rings. The largest absolute Gasteiger partial charge is 1.00 e. The maximum absolute atomic E-state index is 2.60. The molecule has 1 aliphatic heterocycles. The molecule has 3 heteroatoms. The molecular formula is C29H36Cl2Zr. The molecule has 0 spiro atoms. The molecule has 0 radical (unpaired) electrons. The van der Waals surface area contributed by atoms with Crippen molar-refractivity contribution in [1.29, 1.82) is 0 Å². The summed E-state index contributed by atoms with van der Waals surface area (Å²) in [5, 5.41) is 0. The van der Waals surface area contributed by atoms with Gasteiger partial charge < -0.3 is 24.8 Å². The number of hydrogen-bond acceptors (Lipinski definition) is 0. The van der Waals surface area contributed by atoms with Gasteiger partial charge in [0.25, 0.3) is 0 Å². The van der Waals surface area contributed by atoms with Crippen LogP contribution in [0.4, 0.5) is 0 Å². The molecule has 32 heavy (non-hydrogen) atoms. The van der Waals surface area contributed by atoms with E-state index in [0.29, 0.717) is 3.63 Å². The Morgan fingerprint density at radius 2 is 1.22 bits per heavy atom. The van der Waals surface area contributed by atoms with Crippen LogP contribution in [-0.2, 0) is 31.1 Å². The summed E-state index contributed by atoms with van der Waals surface area (Å²) in [6.45, 7) is 16.5. The Balaban J connectivity index is 0.00000144. The summed E-state index contributed by atoms with van der Waals surface area (Å²) in [6, 6.07) is 14.9. The molecule has 0 nitrogen and oxygen atoms in total. The molecule has 1 saturated heterocycles. The van der Waals surface area contributed by atoms with Crippen molar-refractivity contribution < 1.29 is 45.1 Å². The van der Waals surface area contributed by atoms with Crippen LogP contribution in [-0.4, -0.2) is 0 Å². The van der Waals surface area contributed by atoms with E-state index in [1.807, 2.05) is 3.28 Å². The molecule has 0 saturated carbocycles. The minimum atomic E-state index is -2.43. The zero-order valence-corrected chi connectivity index (χ0v) is 24.5. The van der Waals surface area contributed by atoms with Gasteiger partial charge in [0.05, 0.1) is 0 Å². The average Bonchev–Trinajstić information content (AvgIpc) is 3.20. The van der Waals surface area contributed by atoms with Crippen molar-refractivity contribution in [2.24, 2.45) is 0 Å². The quantitative estimate of drug-likeness (QED) is 0.544. The molecule has 0 atom stereocenters. The predicted octanol–water partition coefficient (Wildman–Crippen LogP) is 2.60. The Bertz CT molecular complexity index is 1040. The number of rotatable bonds is 2. The third-order valence-electron chi connectivity index (χ3n) is 7.86. The van der Waals surface area contributed by atoms with Gasteiger partial charge in [0.15, 0.2) is 0 Å². The zero-order chi connectivity index (χ0) is 21.5. The predicted molar refractivity (Wildman–Crippen MR) is 127 cm³/mol. The number of benzene rings is 2. The molecule has 0 bridgehead atoms. The van der Waals surface area contributed by atoms with Gasteiger partial charge in [0.1, 0.15) is 0 Å². The van der Waals surface area contributed by atoms with Crippen LogP contribution in [0.2, 0.25) is 8.26 Å². The monoisotopic (exact) mass is 544 g/mol. The summed E-state index contributed by atoms with van der Waals surface area (Å²) < 4.78 is 5.69. The normalized spacial score (nSPS) is 17.7. The maximum atomic E-state index is 2.60. The van der Waals surface area contributed by atoms with Crippen molar-refractivity contribution >= 4 is 0 Å². The van der Waals surface area contributed by atoms with E-state index in [2.05, 4.69) is 97.0 Å². The van der Waals surface area contributed by atoms with E-state index in [4.69, 9.17) is 0 Å². The molecule has 5 rings (SSSR count). The zero-order valence-electron chi connectivity index (χ0n) is 20.6. The van der Waals surface area contributed by atoms with Crippen LogP contribution in [0.3, 0.4) is 0 Å². The van der Waals surface area contributed by atoms with E-state index in [-0.39, 0.29) is 35.6 Å². The summed E-state index contributed by atoms with van der Waals surface area (Å²) in [5.74, 6) is 0. The number of allylic oxidation sites excluding steroid dienone is 4. The third-order valence-corrected chi connectivity index (χ3v) is 20.4. The van der Waals surface area contributed by atoms with E-state index in [1.165, 1.54) is 36.9 Å². The first-order chi connectivity index (χ1) is 14.0. The molecule has 0 aromatic heterocycles. The first-order valence-corrected chi connectivity index (χ1v) is 17.8. The molecule has 3 aliphatic rings. The van der Waals surface area contributed by atoms with E-state index in [1.54, 1.807) is 16.7 Å². The standard InChI is InChI=1S/C21H25.C6H7.C2H4.2ClH.Zr/c1-20(2,3)16-7-9-18-14(12-16)11-15-13-17(21(4,5)6)8-10-19(15)18;1-6-4-2-3-5-6;1-2;;;/h7-13H,1-6H3;2,4H,3H2,1H3;1-2H2;2*1H;/q;;;;;+2/p-2. The second-order valence-electron chi connectivity index (χ2n) is 12.0. The second kappa shape index (κ2) is 8.55. The van der Waals surface area contributed by atoms with Crippen molar-refractivity contribution in [3.63, 3.8) is 0 Å². The number of halogens is 2. The smallest absolute Gasteiger partial charge is 1.00 e. The minimum Gasteiger partial charge on any atom is -1.00 e. The van der Waals surface area contributed by atoms with Gasteiger partial charge in [-0.15, -0.1) is 0 Å². The first kappa shape index (κ1) is 26.0. The van der Waals surface area contributed by atoms with Gasteiger partial charge in [0, 0.05) is 0 Å². The van der Waals surface area contributed by atoms with E-state index < -0.39 is 20.3 Å². The van der Waals surface area contributed by atoms with Crippen molar-refractivity contribution in [3.8, 4) is 11.1 Å². The summed E-state index contributed by atoms with van der Waals surface area (Å²) in [7, 11) is 0. The fourth-order valence-electron chi connectivity index (χ4n) is 5.90. The van der Waals surface area contributed by atoms with Crippen molar-refractivity contribution in [2.45, 2.75) is 77.6 Å². The molecule has 1 heterocycles. The first-order valence-electron chi connectivity index (χ1n) is 11.7. The third kappa shape index (κ3) is 4.06. The summed E-state index contributed by atoms with van der Waals surface area (Å²) in [4.78, 5) is 0. The van der Waals surface area contributed by atoms with Crippen LogP contribution >= 0.6 is 0 Å². The van der Waals surface area contributed by atoms with Crippen LogP contribution < -0.4 is 24.8 Å². The Labute approximate surface area is 212 Å². The van der Waals surface area contributed by atoms with Gasteiger partial charge in [-0.05, 0) is 0 Å². The molecule has 2 aromatic carbocycles. The van der Waals surface area contributed by atoms with Crippen molar-refractivity contribution in [3.05, 3.63) is 79.7 Å². The molecule has 2 aliphatic carbocycles. The van der Waals surface area contributed by atoms with Gasteiger partial charge in [-0.25, -0.2) is 0 Å². The van der Waals surface area contributed by atoms with Gasteiger partial charge in [-0.1, -0.05) is 0 Å². The Morgan fingerprint density at radius 3 is 1.56 bits per heavy atom. The number of hydrogen-bond donors (Lipinski definition) is 0. The van der Waals surface area contributed by atoms with E-state index >= 15 is 0 Å². The summed E-state index contributed by atoms with van der Waals surface area (Å²) >= 11 is -2.43. The fraction of sp³-hybridized carbons (Fsp3) is 0.448. The van der Waals surface area contributed by atoms with Crippen LogP contribution in [0.25, 0.3) is 11.1 Å². The average molecular weight is 547 g/mol. The van der Waals surface area contributed by atoms with Crippen molar-refractivity contribution in [1.82, 2.24) is 0 Å². The van der Waals surface area contributed by atoms with Crippen molar-refractivity contribution in [2.75, 3.05) is 0 Å². The van der Waals surface area contributed by atoms with Gasteiger partial charge in [0.2, 0.25) is 0 Å². The molecule has 0 N–H and O–H groups in total. The van der Waals surface area contributed by atoms with Gasteiger partial charge >= 0.3 is 189 Å². The second-order valence-corrected chi connectivity index (χ2v) is 23.0. The topological polar surface area (TPSA) is 0 Å². The van der Waals surface area contributed by atoms with Crippen LogP contribution in [0, 0.1) is 0 Å². The van der Waals surface area contributed by atoms with Crippen LogP contribution in [0.1, 0.15) is 80.8 Å². The maximum Gasteiger partial charge on any atom is -1.00 e. The molecule has 1 fully saturated rings. The fourth-order valence-corrected chi connectivity index (χ4v) is 21.8. The van der Waals surface area contributed by atoms with Gasteiger partial charge in [-0.2, -0.15) is 0 Å². The summed E-state index contributed by atoms with van der Waals surface area (Å²) in [6.07, 6.45) is 6.07. The van der Waals surface area contributed by atoms with E-state index in [0.717, 1.165) is 0 Å². The Morgan fingerprint density at radius 1 is 0.750 bits per heavy atom. The molecule has 0 amide bonds. The Kier molecular flexibility index (Phi) is 6.95. The Hall–Kier alpha value is -0.617. The number of fused-ring (bicyclic) bond motifs is 3. The summed E-state index contributed by atoms with van der Waals surface area (Å²) in [5.41, 5.74) is 11.4. The van der Waals surface area contributed by atoms with E-state index in [9.17, 15) is 0 Å². The van der Waals surface area contributed by atoms with Crippen LogP contribution in [0.15, 0.2) is 57.4 Å². The molecule has 170 valence electrons. The molecular weight excluding hydrogens is 510 g/mol. The molecule has 0 unspecified atom stereocenters. The minimum absolute atomic E-state index is 0. The van der Waals surface area contributed by atoms with Gasteiger partial charge in [-0.3, -0.25) is 0 Å².